The second kappa shape index (κ2) is 11.8. The minimum atomic E-state index is -3.84. The zero-order chi connectivity index (χ0) is 25.8. The molecule has 2 amide bonds. The van der Waals surface area contributed by atoms with Crippen molar-refractivity contribution in [3.05, 3.63) is 63.1 Å². The third kappa shape index (κ3) is 7.26. The van der Waals surface area contributed by atoms with Gasteiger partial charge in [-0.15, -0.1) is 0 Å². The number of anilines is 1. The Kier molecular flexibility index (Phi) is 9.32. The summed E-state index contributed by atoms with van der Waals surface area (Å²) in [5.41, 5.74) is 0.713. The summed E-state index contributed by atoms with van der Waals surface area (Å²) >= 11 is 18.7. The summed E-state index contributed by atoms with van der Waals surface area (Å²) in [5.74, 6) is -0.900. The average Bonchev–Trinajstić information content (AvgIpc) is 3.29. The number of benzene rings is 2. The van der Waals surface area contributed by atoms with E-state index in [1.165, 1.54) is 11.0 Å². The molecule has 0 unspecified atom stereocenters. The first-order chi connectivity index (χ1) is 16.5. The molecular weight excluding hydrogens is 533 g/mol. The quantitative estimate of drug-likeness (QED) is 0.473. The molecule has 7 nitrogen and oxygen atoms in total. The van der Waals surface area contributed by atoms with Crippen molar-refractivity contribution in [1.82, 2.24) is 10.2 Å². The van der Waals surface area contributed by atoms with E-state index in [9.17, 15) is 18.0 Å². The maximum atomic E-state index is 13.6. The number of nitrogens with one attached hydrogen (secondary N) is 1. The maximum absolute atomic E-state index is 13.6. The summed E-state index contributed by atoms with van der Waals surface area (Å²) in [6, 6.07) is 10.3. The Balaban J connectivity index is 1.92. The van der Waals surface area contributed by atoms with E-state index in [0.717, 1.165) is 36.2 Å². The fourth-order valence-electron chi connectivity index (χ4n) is 4.07. The highest BCUT2D eigenvalue weighted by Crippen LogP contribution is 2.28. The fraction of sp³-hybridized carbons (Fsp3) is 0.417. The lowest BCUT2D eigenvalue weighted by Gasteiger charge is -2.32. The van der Waals surface area contributed by atoms with Gasteiger partial charge in [-0.1, -0.05) is 59.8 Å². The van der Waals surface area contributed by atoms with Crippen LogP contribution in [0.1, 0.15) is 38.2 Å². The van der Waals surface area contributed by atoms with Crippen LogP contribution in [0.3, 0.4) is 0 Å². The highest BCUT2D eigenvalue weighted by Gasteiger charge is 2.32. The molecule has 2 aromatic carbocycles. The first-order valence-corrected chi connectivity index (χ1v) is 14.2. The second-order valence-corrected chi connectivity index (χ2v) is 11.8. The predicted octanol–water partition coefficient (Wildman–Crippen LogP) is 4.89. The number of rotatable bonds is 9. The van der Waals surface area contributed by atoms with Gasteiger partial charge in [0.25, 0.3) is 0 Å². The van der Waals surface area contributed by atoms with Crippen molar-refractivity contribution in [3.8, 4) is 0 Å². The summed E-state index contributed by atoms with van der Waals surface area (Å²) < 4.78 is 26.1. The number of hydrogen-bond acceptors (Lipinski definition) is 4. The predicted molar refractivity (Wildman–Crippen MR) is 141 cm³/mol. The first kappa shape index (κ1) is 27.6. The number of nitrogens with zero attached hydrogens (tertiary/aromatic N) is 2. The van der Waals surface area contributed by atoms with Gasteiger partial charge in [0.15, 0.2) is 0 Å². The Labute approximate surface area is 221 Å². The molecule has 11 heteroatoms. The molecule has 0 aromatic heterocycles. The van der Waals surface area contributed by atoms with E-state index in [0.29, 0.717) is 20.6 Å². The molecule has 1 N–H and O–H groups in total. The van der Waals surface area contributed by atoms with E-state index < -0.39 is 28.5 Å². The van der Waals surface area contributed by atoms with Crippen molar-refractivity contribution < 1.29 is 18.0 Å². The molecule has 1 saturated carbocycles. The molecule has 0 saturated heterocycles. The SMILES string of the molecule is C[C@@H](C(=O)NC1CCCC1)N(Cc1c(Cl)cccc1Cl)C(=O)CN(c1cccc(Cl)c1)S(C)(=O)=O. The lowest BCUT2D eigenvalue weighted by Crippen LogP contribution is -2.52. The zero-order valence-corrected chi connectivity index (χ0v) is 22.6. The molecule has 35 heavy (non-hydrogen) atoms. The Bertz CT molecular complexity index is 1170. The Morgan fingerprint density at radius 2 is 1.66 bits per heavy atom. The summed E-state index contributed by atoms with van der Waals surface area (Å²) in [4.78, 5) is 28.0. The largest absolute Gasteiger partial charge is 0.352 e. The van der Waals surface area contributed by atoms with Gasteiger partial charge < -0.3 is 10.2 Å². The molecule has 1 aliphatic carbocycles. The van der Waals surface area contributed by atoms with Gasteiger partial charge in [-0.2, -0.15) is 0 Å². The fourth-order valence-corrected chi connectivity index (χ4v) is 5.62. The molecule has 0 heterocycles. The molecule has 3 rings (SSSR count). The average molecular weight is 561 g/mol. The van der Waals surface area contributed by atoms with Crippen molar-refractivity contribution in [3.63, 3.8) is 0 Å². The van der Waals surface area contributed by atoms with Gasteiger partial charge in [0, 0.05) is 33.2 Å². The minimum absolute atomic E-state index is 0.0600. The summed E-state index contributed by atoms with van der Waals surface area (Å²) in [6.45, 7) is 1.02. The molecule has 1 atom stereocenters. The Morgan fingerprint density at radius 1 is 1.06 bits per heavy atom. The summed E-state index contributed by atoms with van der Waals surface area (Å²) in [5, 5.41) is 4.01. The van der Waals surface area contributed by atoms with Crippen LogP contribution in [0.15, 0.2) is 42.5 Å². The lowest BCUT2D eigenvalue weighted by molar-refractivity contribution is -0.139. The van der Waals surface area contributed by atoms with Gasteiger partial charge in [-0.25, -0.2) is 8.42 Å². The topological polar surface area (TPSA) is 86.8 Å². The van der Waals surface area contributed by atoms with Crippen LogP contribution in [0, 0.1) is 0 Å². The second-order valence-electron chi connectivity index (χ2n) is 8.64. The molecule has 0 spiro atoms. The van der Waals surface area contributed by atoms with E-state index >= 15 is 0 Å². The Hall–Kier alpha value is -2.00. The van der Waals surface area contributed by atoms with Gasteiger partial charge in [-0.05, 0) is 50.1 Å². The van der Waals surface area contributed by atoms with E-state index in [1.54, 1.807) is 43.3 Å². The van der Waals surface area contributed by atoms with Gasteiger partial charge in [0.05, 0.1) is 11.9 Å². The van der Waals surface area contributed by atoms with E-state index in [-0.39, 0.29) is 24.2 Å². The standard InChI is InChI=1S/C24H28Cl3N3O4S/c1-16(24(32)28-18-8-3-4-9-18)29(14-20-21(26)11-6-12-22(20)27)23(31)15-30(35(2,33)34)19-10-5-7-17(25)13-19/h5-7,10-13,16,18H,3-4,8-9,14-15H2,1-2H3,(H,28,32)/t16-/m0/s1. The third-order valence-electron chi connectivity index (χ3n) is 6.03. The molecular formula is C24H28Cl3N3O4S. The number of hydrogen-bond donors (Lipinski definition) is 1. The van der Waals surface area contributed by atoms with Crippen LogP contribution in [0.4, 0.5) is 5.69 Å². The smallest absolute Gasteiger partial charge is 0.244 e. The number of carbonyl (C=O) groups is 2. The number of amides is 2. The molecule has 2 aromatic rings. The van der Waals surface area contributed by atoms with Gasteiger partial charge in [0.1, 0.15) is 12.6 Å². The van der Waals surface area contributed by atoms with E-state index in [1.807, 2.05) is 0 Å². The van der Waals surface area contributed by atoms with Crippen molar-refractivity contribution in [2.45, 2.75) is 51.2 Å². The Morgan fingerprint density at radius 3 is 2.23 bits per heavy atom. The van der Waals surface area contributed by atoms with Gasteiger partial charge >= 0.3 is 0 Å². The molecule has 1 aliphatic rings. The van der Waals surface area contributed by atoms with Crippen LogP contribution in [0.25, 0.3) is 0 Å². The highest BCUT2D eigenvalue weighted by molar-refractivity contribution is 7.92. The monoisotopic (exact) mass is 559 g/mol. The highest BCUT2D eigenvalue weighted by atomic mass is 35.5. The van der Waals surface area contributed by atoms with Crippen LogP contribution >= 0.6 is 34.8 Å². The van der Waals surface area contributed by atoms with Crippen LogP contribution in [0.2, 0.25) is 15.1 Å². The van der Waals surface area contributed by atoms with Crippen LogP contribution in [-0.2, 0) is 26.2 Å². The molecule has 1 fully saturated rings. The van der Waals surface area contributed by atoms with Crippen LogP contribution in [-0.4, -0.2) is 50.0 Å². The summed E-state index contributed by atoms with van der Waals surface area (Å²) in [6.07, 6.45) is 4.87. The van der Waals surface area contributed by atoms with Crippen molar-refractivity contribution in [2.24, 2.45) is 0 Å². The van der Waals surface area contributed by atoms with Crippen LogP contribution < -0.4 is 9.62 Å². The number of carbonyl (C=O) groups excluding carboxylic acids is 2. The summed E-state index contributed by atoms with van der Waals surface area (Å²) in [7, 11) is -3.84. The van der Waals surface area contributed by atoms with Gasteiger partial charge in [-0.3, -0.25) is 13.9 Å². The molecule has 0 aliphatic heterocycles. The maximum Gasteiger partial charge on any atom is 0.244 e. The zero-order valence-electron chi connectivity index (χ0n) is 19.5. The van der Waals surface area contributed by atoms with Crippen LogP contribution in [0.5, 0.6) is 0 Å². The third-order valence-corrected chi connectivity index (χ3v) is 8.12. The van der Waals surface area contributed by atoms with E-state index in [4.69, 9.17) is 34.8 Å². The van der Waals surface area contributed by atoms with E-state index in [2.05, 4.69) is 5.32 Å². The van der Waals surface area contributed by atoms with Crippen molar-refractivity contribution >= 4 is 62.3 Å². The molecule has 0 bridgehead atoms. The van der Waals surface area contributed by atoms with Crippen molar-refractivity contribution in [2.75, 3.05) is 17.1 Å². The number of halogens is 3. The lowest BCUT2D eigenvalue weighted by atomic mass is 10.1. The normalized spacial score (nSPS) is 15.0. The van der Waals surface area contributed by atoms with Gasteiger partial charge in [0.2, 0.25) is 21.8 Å². The first-order valence-electron chi connectivity index (χ1n) is 11.2. The number of sulfonamides is 1. The minimum Gasteiger partial charge on any atom is -0.352 e. The molecule has 0 radical (unpaired) electrons. The molecule has 190 valence electrons. The van der Waals surface area contributed by atoms with Crippen molar-refractivity contribution in [1.29, 1.82) is 0 Å².